The van der Waals surface area contributed by atoms with Crippen LogP contribution in [0.25, 0.3) is 11.1 Å². The molecule has 0 bridgehead atoms. The molecule has 2 aromatic carbocycles. The highest BCUT2D eigenvalue weighted by Crippen LogP contribution is 2.33. The molecular weight excluding hydrogens is 396 g/mol. The van der Waals surface area contributed by atoms with E-state index in [4.69, 9.17) is 19.9 Å². The van der Waals surface area contributed by atoms with Crippen LogP contribution in [0.1, 0.15) is 23.6 Å². The van der Waals surface area contributed by atoms with Gasteiger partial charge in [-0.3, -0.25) is 4.79 Å². The van der Waals surface area contributed by atoms with Gasteiger partial charge in [-0.1, -0.05) is 18.2 Å². The van der Waals surface area contributed by atoms with Crippen molar-refractivity contribution in [3.63, 3.8) is 0 Å². The normalized spacial score (nSPS) is 10.1. The van der Waals surface area contributed by atoms with Gasteiger partial charge in [0, 0.05) is 11.1 Å². The summed E-state index contributed by atoms with van der Waals surface area (Å²) in [5.41, 5.74) is 6.29. The molecule has 3 aromatic rings. The van der Waals surface area contributed by atoms with Gasteiger partial charge in [0.2, 0.25) is 0 Å². The summed E-state index contributed by atoms with van der Waals surface area (Å²) in [4.78, 5) is 14.6. The fraction of sp³-hybridized carbons (Fsp3) is 0.174. The highest BCUT2D eigenvalue weighted by atomic mass is 16.5. The number of H-pyrrole nitrogens is 1. The van der Waals surface area contributed by atoms with Crippen LogP contribution in [-0.2, 0) is 6.61 Å². The van der Waals surface area contributed by atoms with Gasteiger partial charge < -0.3 is 24.9 Å². The molecule has 0 spiro atoms. The van der Waals surface area contributed by atoms with E-state index in [1.807, 2.05) is 37.3 Å². The number of para-hydroxylation sites is 2. The second-order valence-electron chi connectivity index (χ2n) is 6.41. The van der Waals surface area contributed by atoms with Crippen LogP contribution in [0.15, 0.2) is 47.3 Å². The number of ether oxygens (including phenoxy) is 3. The van der Waals surface area contributed by atoms with E-state index in [9.17, 15) is 15.3 Å². The molecule has 0 atom stereocenters. The van der Waals surface area contributed by atoms with E-state index in [0.29, 0.717) is 35.0 Å². The van der Waals surface area contributed by atoms with Gasteiger partial charge in [-0.2, -0.15) is 10.5 Å². The third-order valence-electron chi connectivity index (χ3n) is 4.57. The summed E-state index contributed by atoms with van der Waals surface area (Å²) >= 11 is 0. The first-order valence-corrected chi connectivity index (χ1v) is 9.41. The van der Waals surface area contributed by atoms with Gasteiger partial charge in [-0.05, 0) is 36.8 Å². The highest BCUT2D eigenvalue weighted by Gasteiger charge is 2.19. The van der Waals surface area contributed by atoms with Gasteiger partial charge in [0.25, 0.3) is 5.56 Å². The number of methoxy groups -OCH3 is 1. The Bertz CT molecular complexity index is 1250. The van der Waals surface area contributed by atoms with Crippen molar-refractivity contribution >= 4 is 5.82 Å². The van der Waals surface area contributed by atoms with Crippen molar-refractivity contribution in [2.75, 3.05) is 19.5 Å². The number of nitrogen functional groups attached to an aromatic ring is 1. The van der Waals surface area contributed by atoms with E-state index in [1.165, 1.54) is 7.11 Å². The minimum Gasteiger partial charge on any atom is -0.496 e. The average molecular weight is 416 g/mol. The van der Waals surface area contributed by atoms with Crippen LogP contribution in [-0.4, -0.2) is 18.7 Å². The van der Waals surface area contributed by atoms with Crippen molar-refractivity contribution in [1.82, 2.24) is 4.98 Å². The van der Waals surface area contributed by atoms with Crippen molar-refractivity contribution in [3.8, 4) is 40.5 Å². The zero-order chi connectivity index (χ0) is 22.4. The summed E-state index contributed by atoms with van der Waals surface area (Å²) in [6.45, 7) is 2.51. The molecular formula is C23H20N4O4. The topological polar surface area (TPSA) is 134 Å². The Balaban J connectivity index is 2.07. The number of benzene rings is 2. The Morgan fingerprint density at radius 3 is 2.29 bits per heavy atom. The third kappa shape index (κ3) is 4.29. The number of hydrogen-bond acceptors (Lipinski definition) is 7. The Morgan fingerprint density at radius 2 is 1.68 bits per heavy atom. The number of pyridine rings is 1. The lowest BCUT2D eigenvalue weighted by atomic mass is 9.95. The first-order chi connectivity index (χ1) is 15.0. The summed E-state index contributed by atoms with van der Waals surface area (Å²) in [5, 5.41) is 19.0. The maximum atomic E-state index is 12.2. The van der Waals surface area contributed by atoms with Gasteiger partial charge >= 0.3 is 0 Å². The molecule has 3 rings (SSSR count). The Labute approximate surface area is 179 Å². The minimum absolute atomic E-state index is 0.0230. The minimum atomic E-state index is -0.659. The summed E-state index contributed by atoms with van der Waals surface area (Å²) in [7, 11) is 1.53. The Hall–Kier alpha value is -4.43. The maximum Gasteiger partial charge on any atom is 0.268 e. The average Bonchev–Trinajstić information content (AvgIpc) is 2.78. The van der Waals surface area contributed by atoms with E-state index in [-0.39, 0.29) is 29.1 Å². The molecule has 0 saturated heterocycles. The van der Waals surface area contributed by atoms with Crippen LogP contribution >= 0.6 is 0 Å². The molecule has 0 saturated carbocycles. The van der Waals surface area contributed by atoms with E-state index < -0.39 is 5.56 Å². The number of nitrogens with one attached hydrogen (secondary N) is 1. The van der Waals surface area contributed by atoms with Gasteiger partial charge in [-0.25, -0.2) is 0 Å². The maximum absolute atomic E-state index is 12.2. The van der Waals surface area contributed by atoms with Crippen LogP contribution in [0, 0.1) is 22.7 Å². The molecule has 1 aromatic heterocycles. The first kappa shape index (κ1) is 21.3. The molecule has 0 unspecified atom stereocenters. The lowest BCUT2D eigenvalue weighted by Gasteiger charge is -2.15. The summed E-state index contributed by atoms with van der Waals surface area (Å²) < 4.78 is 17.0. The fourth-order valence-corrected chi connectivity index (χ4v) is 3.18. The van der Waals surface area contributed by atoms with Crippen LogP contribution in [0.3, 0.4) is 0 Å². The molecule has 0 fully saturated rings. The number of nitrogens with two attached hydrogens (primary N) is 1. The number of nitrogens with zero attached hydrogens (tertiary/aromatic N) is 2. The number of aromatic amines is 1. The summed E-state index contributed by atoms with van der Waals surface area (Å²) in [6, 6.07) is 16.2. The van der Waals surface area contributed by atoms with Gasteiger partial charge in [0.05, 0.1) is 13.7 Å². The lowest BCUT2D eigenvalue weighted by molar-refractivity contribution is 0.265. The van der Waals surface area contributed by atoms with Crippen molar-refractivity contribution in [2.24, 2.45) is 0 Å². The third-order valence-corrected chi connectivity index (χ3v) is 4.57. The molecule has 0 amide bonds. The molecule has 0 aliphatic heterocycles. The van der Waals surface area contributed by atoms with Crippen molar-refractivity contribution in [3.05, 3.63) is 69.5 Å². The zero-order valence-corrected chi connectivity index (χ0v) is 17.1. The lowest BCUT2D eigenvalue weighted by Crippen LogP contribution is -2.16. The molecule has 31 heavy (non-hydrogen) atoms. The predicted molar refractivity (Wildman–Crippen MR) is 115 cm³/mol. The summed E-state index contributed by atoms with van der Waals surface area (Å²) in [5.74, 6) is 1.63. The number of hydrogen-bond donors (Lipinski definition) is 2. The van der Waals surface area contributed by atoms with E-state index in [0.717, 1.165) is 0 Å². The monoisotopic (exact) mass is 416 g/mol. The highest BCUT2D eigenvalue weighted by molar-refractivity contribution is 5.80. The Kier molecular flexibility index (Phi) is 6.44. The van der Waals surface area contributed by atoms with Crippen LogP contribution in [0.2, 0.25) is 0 Å². The molecule has 8 nitrogen and oxygen atoms in total. The predicted octanol–water partition coefficient (Wildman–Crippen LogP) is 3.35. The molecule has 1 heterocycles. The Morgan fingerprint density at radius 1 is 1.00 bits per heavy atom. The molecule has 8 heteroatoms. The second kappa shape index (κ2) is 9.38. The second-order valence-corrected chi connectivity index (χ2v) is 6.41. The smallest absolute Gasteiger partial charge is 0.268 e. The van der Waals surface area contributed by atoms with Crippen LogP contribution in [0.5, 0.6) is 17.2 Å². The number of aromatic nitrogens is 1. The van der Waals surface area contributed by atoms with E-state index in [1.54, 1.807) is 24.3 Å². The number of anilines is 1. The molecule has 156 valence electrons. The molecule has 3 N–H and O–H groups in total. The largest absolute Gasteiger partial charge is 0.496 e. The van der Waals surface area contributed by atoms with Gasteiger partial charge in [0.1, 0.15) is 41.4 Å². The quantitative estimate of drug-likeness (QED) is 0.603. The van der Waals surface area contributed by atoms with Crippen molar-refractivity contribution in [2.45, 2.75) is 13.5 Å². The SMILES string of the molecule is CCOc1ccccc1OCc1cc(-c2c(C#N)c(N)[nH]c(=O)c2C#N)ccc1OC. The summed E-state index contributed by atoms with van der Waals surface area (Å²) in [6.07, 6.45) is 0. The van der Waals surface area contributed by atoms with Gasteiger partial charge in [-0.15, -0.1) is 0 Å². The standard InChI is InChI=1S/C23H20N4O4/c1-3-30-19-6-4-5-7-20(19)31-13-15-10-14(8-9-18(15)29-2)21-16(11-24)22(26)27-23(28)17(21)12-25/h4-10H,3,13H2,1-2H3,(H3,26,27,28). The number of nitriles is 2. The fourth-order valence-electron chi connectivity index (χ4n) is 3.18. The van der Waals surface area contributed by atoms with E-state index in [2.05, 4.69) is 4.98 Å². The molecule has 0 radical (unpaired) electrons. The van der Waals surface area contributed by atoms with Gasteiger partial charge in [0.15, 0.2) is 11.5 Å². The van der Waals surface area contributed by atoms with Crippen LogP contribution < -0.4 is 25.5 Å². The first-order valence-electron chi connectivity index (χ1n) is 9.41. The van der Waals surface area contributed by atoms with Crippen LogP contribution in [0.4, 0.5) is 5.82 Å². The number of rotatable bonds is 7. The molecule has 0 aliphatic rings. The van der Waals surface area contributed by atoms with E-state index >= 15 is 0 Å². The van der Waals surface area contributed by atoms with Crippen molar-refractivity contribution < 1.29 is 14.2 Å². The van der Waals surface area contributed by atoms with Crippen molar-refractivity contribution in [1.29, 1.82) is 10.5 Å². The molecule has 0 aliphatic carbocycles. The zero-order valence-electron chi connectivity index (χ0n) is 17.1.